The fraction of sp³-hybridized carbons (Fsp3) is 0.242. The highest BCUT2D eigenvalue weighted by Gasteiger charge is 2.38. The topological polar surface area (TPSA) is 47.6 Å². The quantitative estimate of drug-likeness (QED) is 0.122. The van der Waals surface area contributed by atoms with Crippen LogP contribution in [-0.2, 0) is 22.7 Å². The van der Waals surface area contributed by atoms with Gasteiger partial charge in [0, 0.05) is 16.4 Å². The lowest BCUT2D eigenvalue weighted by Crippen LogP contribution is -2.42. The lowest BCUT2D eigenvalue weighted by molar-refractivity contribution is -0.137. The molecule has 9 heteroatoms. The number of ether oxygens (including phenoxy) is 2. The summed E-state index contributed by atoms with van der Waals surface area (Å²) in [6, 6.07) is 28.7. The second kappa shape index (κ2) is 14.2. The van der Waals surface area contributed by atoms with Crippen LogP contribution in [0, 0.1) is 0 Å². The van der Waals surface area contributed by atoms with E-state index in [0.29, 0.717) is 47.5 Å². The molecule has 42 heavy (non-hydrogen) atoms. The summed E-state index contributed by atoms with van der Waals surface area (Å²) in [6.07, 6.45) is -3.66. The summed E-state index contributed by atoms with van der Waals surface area (Å²) in [4.78, 5) is 12.0. The van der Waals surface area contributed by atoms with Crippen molar-refractivity contribution >= 4 is 33.5 Å². The molecule has 0 saturated heterocycles. The van der Waals surface area contributed by atoms with Gasteiger partial charge >= 0.3 is 12.1 Å². The summed E-state index contributed by atoms with van der Waals surface area (Å²) in [7, 11) is 1.32. The molecule has 0 aliphatic rings. The number of hydrogen-bond acceptors (Lipinski definition) is 4. The average Bonchev–Trinajstić information content (AvgIpc) is 2.99. The van der Waals surface area contributed by atoms with E-state index in [1.54, 1.807) is 24.3 Å². The van der Waals surface area contributed by atoms with Gasteiger partial charge in [-0.2, -0.15) is 13.2 Å². The monoisotopic (exact) mass is 659 g/mol. The predicted molar refractivity (Wildman–Crippen MR) is 162 cm³/mol. The van der Waals surface area contributed by atoms with Crippen molar-refractivity contribution in [2.75, 3.05) is 26.8 Å². The SMILES string of the molecule is COC(=O)c1cc(OCCCNCC(Cc2cccc(C(F)(F)F)c2Cl)(c2ccccc2)c2ccccc2)ccc1Br. The van der Waals surface area contributed by atoms with Gasteiger partial charge in [0.2, 0.25) is 0 Å². The molecule has 220 valence electrons. The molecule has 0 radical (unpaired) electrons. The molecule has 0 amide bonds. The highest BCUT2D eigenvalue weighted by Crippen LogP contribution is 2.41. The minimum atomic E-state index is -4.56. The molecule has 0 atom stereocenters. The van der Waals surface area contributed by atoms with Crippen molar-refractivity contribution in [3.8, 4) is 5.75 Å². The number of benzene rings is 4. The zero-order valence-corrected chi connectivity index (χ0v) is 25.2. The van der Waals surface area contributed by atoms with Crippen LogP contribution in [0.5, 0.6) is 5.75 Å². The van der Waals surface area contributed by atoms with Crippen molar-refractivity contribution in [3.63, 3.8) is 0 Å². The Hall–Kier alpha value is -3.33. The molecule has 4 nitrogen and oxygen atoms in total. The molecule has 4 rings (SSSR count). The smallest absolute Gasteiger partial charge is 0.417 e. The van der Waals surface area contributed by atoms with Gasteiger partial charge in [0.25, 0.3) is 0 Å². The van der Waals surface area contributed by atoms with E-state index >= 15 is 0 Å². The maximum Gasteiger partial charge on any atom is 0.417 e. The summed E-state index contributed by atoms with van der Waals surface area (Å²) in [5, 5.41) is 3.23. The normalized spacial score (nSPS) is 11.8. The van der Waals surface area contributed by atoms with Gasteiger partial charge in [-0.25, -0.2) is 4.79 Å². The second-order valence-electron chi connectivity index (χ2n) is 9.78. The Kier molecular flexibility index (Phi) is 10.7. The molecule has 0 aliphatic carbocycles. The van der Waals surface area contributed by atoms with Crippen molar-refractivity contribution in [3.05, 3.63) is 134 Å². The number of rotatable bonds is 12. The van der Waals surface area contributed by atoms with Crippen molar-refractivity contribution in [1.82, 2.24) is 5.32 Å². The first kappa shape index (κ1) is 31.6. The third-order valence-corrected chi connectivity index (χ3v) is 8.20. The van der Waals surface area contributed by atoms with E-state index in [0.717, 1.165) is 17.2 Å². The summed E-state index contributed by atoms with van der Waals surface area (Å²) >= 11 is 9.74. The van der Waals surface area contributed by atoms with Crippen LogP contribution >= 0.6 is 27.5 Å². The molecule has 4 aromatic carbocycles. The van der Waals surface area contributed by atoms with Gasteiger partial charge in [0.1, 0.15) is 5.75 Å². The highest BCUT2D eigenvalue weighted by atomic mass is 79.9. The van der Waals surface area contributed by atoms with Crippen molar-refractivity contribution < 1.29 is 27.4 Å². The van der Waals surface area contributed by atoms with Gasteiger partial charge in [-0.1, -0.05) is 84.4 Å². The molecule has 0 aliphatic heterocycles. The Balaban J connectivity index is 1.55. The molecular formula is C33H30BrClF3NO3. The molecule has 0 saturated carbocycles. The Bertz CT molecular complexity index is 1440. The number of carbonyl (C=O) groups is 1. The van der Waals surface area contributed by atoms with Crippen LogP contribution in [0.2, 0.25) is 5.02 Å². The van der Waals surface area contributed by atoms with Gasteiger partial charge in [0.15, 0.2) is 0 Å². The molecule has 0 spiro atoms. The van der Waals surface area contributed by atoms with Crippen LogP contribution in [0.4, 0.5) is 13.2 Å². The van der Waals surface area contributed by atoms with Crippen LogP contribution in [0.15, 0.2) is 102 Å². The maximum absolute atomic E-state index is 13.7. The molecule has 0 aromatic heterocycles. The van der Waals surface area contributed by atoms with Crippen molar-refractivity contribution in [2.24, 2.45) is 0 Å². The zero-order valence-electron chi connectivity index (χ0n) is 22.9. The maximum atomic E-state index is 13.7. The van der Waals surface area contributed by atoms with Crippen LogP contribution < -0.4 is 10.1 Å². The third kappa shape index (κ3) is 7.54. The Morgan fingerprint density at radius 3 is 2.14 bits per heavy atom. The van der Waals surface area contributed by atoms with E-state index in [-0.39, 0.29) is 11.4 Å². The highest BCUT2D eigenvalue weighted by molar-refractivity contribution is 9.10. The summed E-state index contributed by atoms with van der Waals surface area (Å²) < 4.78 is 52.4. The number of esters is 1. The van der Waals surface area contributed by atoms with Gasteiger partial charge in [-0.15, -0.1) is 0 Å². The molecular weight excluding hydrogens is 631 g/mol. The van der Waals surface area contributed by atoms with Crippen LogP contribution in [0.25, 0.3) is 0 Å². The predicted octanol–water partition coefficient (Wildman–Crippen LogP) is 8.50. The molecule has 4 aromatic rings. The Labute approximate surface area is 256 Å². The fourth-order valence-corrected chi connectivity index (χ4v) is 5.67. The van der Waals surface area contributed by atoms with Crippen LogP contribution in [-0.4, -0.2) is 32.8 Å². The molecule has 1 N–H and O–H groups in total. The standard InChI is InChI=1S/C33H30BrClF3NO3/c1-41-31(40)27-20-26(16-17-29(27)34)42-19-9-18-39-22-32(24-11-4-2-5-12-24,25-13-6-3-7-14-25)21-23-10-8-15-28(30(23)35)33(36,37)38/h2-8,10-17,20,39H,9,18-19,21-22H2,1H3. The average molecular weight is 661 g/mol. The van der Waals surface area contributed by atoms with Gasteiger partial charge in [0.05, 0.1) is 29.9 Å². The number of hydrogen-bond donors (Lipinski definition) is 1. The lowest BCUT2D eigenvalue weighted by Gasteiger charge is -2.36. The number of alkyl halides is 3. The number of carbonyl (C=O) groups excluding carboxylic acids is 1. The van der Waals surface area contributed by atoms with Crippen LogP contribution in [0.1, 0.15) is 39.0 Å². The lowest BCUT2D eigenvalue weighted by atomic mass is 9.70. The van der Waals surface area contributed by atoms with E-state index < -0.39 is 23.1 Å². The van der Waals surface area contributed by atoms with E-state index in [4.69, 9.17) is 21.1 Å². The van der Waals surface area contributed by atoms with E-state index in [1.807, 2.05) is 60.7 Å². The second-order valence-corrected chi connectivity index (χ2v) is 11.0. The van der Waals surface area contributed by atoms with E-state index in [2.05, 4.69) is 21.2 Å². The van der Waals surface area contributed by atoms with Crippen LogP contribution in [0.3, 0.4) is 0 Å². The minimum absolute atomic E-state index is 0.252. The Morgan fingerprint density at radius 2 is 1.55 bits per heavy atom. The summed E-state index contributed by atoms with van der Waals surface area (Å²) in [5.74, 6) is 0.0775. The minimum Gasteiger partial charge on any atom is -0.494 e. The largest absolute Gasteiger partial charge is 0.494 e. The van der Waals surface area contributed by atoms with Gasteiger partial charge in [-0.05, 0) is 76.3 Å². The molecule has 0 bridgehead atoms. The fourth-order valence-electron chi connectivity index (χ4n) is 4.96. The first-order valence-electron chi connectivity index (χ1n) is 13.3. The van der Waals surface area contributed by atoms with Gasteiger partial charge < -0.3 is 14.8 Å². The number of methoxy groups -OCH3 is 1. The van der Waals surface area contributed by atoms with E-state index in [1.165, 1.54) is 13.2 Å². The first-order chi connectivity index (χ1) is 20.2. The first-order valence-corrected chi connectivity index (χ1v) is 14.5. The van der Waals surface area contributed by atoms with Crippen molar-refractivity contribution in [2.45, 2.75) is 24.4 Å². The zero-order chi connectivity index (χ0) is 30.2. The van der Waals surface area contributed by atoms with Gasteiger partial charge in [-0.3, -0.25) is 0 Å². The summed E-state index contributed by atoms with van der Waals surface area (Å²) in [5.41, 5.74) is 1.15. The molecule has 0 fully saturated rings. The molecule has 0 heterocycles. The van der Waals surface area contributed by atoms with Crippen molar-refractivity contribution in [1.29, 1.82) is 0 Å². The third-order valence-electron chi connectivity index (χ3n) is 7.07. The Morgan fingerprint density at radius 1 is 0.905 bits per heavy atom. The summed E-state index contributed by atoms with van der Waals surface area (Å²) in [6.45, 7) is 1.41. The molecule has 0 unspecified atom stereocenters. The number of halogens is 5. The number of nitrogens with one attached hydrogen (secondary N) is 1. The van der Waals surface area contributed by atoms with E-state index in [9.17, 15) is 18.0 Å².